The highest BCUT2D eigenvalue weighted by molar-refractivity contribution is 5.18. The first-order chi connectivity index (χ1) is 9.79. The maximum absolute atomic E-state index is 6.43. The molecule has 0 bridgehead atoms. The first kappa shape index (κ1) is 15.5. The highest BCUT2D eigenvalue weighted by Crippen LogP contribution is 2.29. The van der Waals surface area contributed by atoms with Crippen LogP contribution in [0, 0.1) is 5.92 Å². The summed E-state index contributed by atoms with van der Waals surface area (Å²) in [6.07, 6.45) is 6.92. The summed E-state index contributed by atoms with van der Waals surface area (Å²) in [5, 5.41) is 3.51. The predicted octanol–water partition coefficient (Wildman–Crippen LogP) is 4.32. The molecule has 1 aromatic rings. The van der Waals surface area contributed by atoms with Crippen LogP contribution in [0.1, 0.15) is 57.6 Å². The SMILES string of the molecule is CCCNCC(OC1CCCC(C)C1)c1ccccc1. The van der Waals surface area contributed by atoms with E-state index in [2.05, 4.69) is 49.5 Å². The molecule has 3 unspecified atom stereocenters. The molecule has 0 saturated heterocycles. The van der Waals surface area contributed by atoms with Gasteiger partial charge in [-0.1, -0.05) is 57.0 Å². The van der Waals surface area contributed by atoms with Gasteiger partial charge in [-0.05, 0) is 37.3 Å². The van der Waals surface area contributed by atoms with E-state index >= 15 is 0 Å². The van der Waals surface area contributed by atoms with Crippen LogP contribution in [0.4, 0.5) is 0 Å². The quantitative estimate of drug-likeness (QED) is 0.748. The number of benzene rings is 1. The molecule has 2 nitrogen and oxygen atoms in total. The maximum atomic E-state index is 6.43. The molecule has 0 spiro atoms. The van der Waals surface area contributed by atoms with Crippen LogP contribution in [0.5, 0.6) is 0 Å². The molecule has 1 N–H and O–H groups in total. The summed E-state index contributed by atoms with van der Waals surface area (Å²) in [4.78, 5) is 0. The minimum atomic E-state index is 0.193. The van der Waals surface area contributed by atoms with Gasteiger partial charge in [0.2, 0.25) is 0 Å². The van der Waals surface area contributed by atoms with Gasteiger partial charge in [-0.3, -0.25) is 0 Å². The molecule has 1 saturated carbocycles. The second kappa shape index (κ2) is 8.43. The summed E-state index contributed by atoms with van der Waals surface area (Å²) in [5.74, 6) is 0.814. The van der Waals surface area contributed by atoms with E-state index in [9.17, 15) is 0 Å². The lowest BCUT2D eigenvalue weighted by Gasteiger charge is -2.31. The van der Waals surface area contributed by atoms with E-state index < -0.39 is 0 Å². The first-order valence-electron chi connectivity index (χ1n) is 8.20. The van der Waals surface area contributed by atoms with Crippen LogP contribution in [0.3, 0.4) is 0 Å². The van der Waals surface area contributed by atoms with Gasteiger partial charge >= 0.3 is 0 Å². The predicted molar refractivity (Wildman–Crippen MR) is 84.8 cm³/mol. The first-order valence-corrected chi connectivity index (χ1v) is 8.20. The molecule has 0 heterocycles. The molecule has 0 aliphatic heterocycles. The summed E-state index contributed by atoms with van der Waals surface area (Å²) < 4.78 is 6.43. The second-order valence-electron chi connectivity index (χ2n) is 6.13. The van der Waals surface area contributed by atoms with Crippen molar-refractivity contribution in [1.29, 1.82) is 0 Å². The lowest BCUT2D eigenvalue weighted by molar-refractivity contribution is -0.0394. The van der Waals surface area contributed by atoms with E-state index in [-0.39, 0.29) is 6.10 Å². The third-order valence-electron chi connectivity index (χ3n) is 4.17. The Morgan fingerprint density at radius 1 is 1.25 bits per heavy atom. The van der Waals surface area contributed by atoms with E-state index in [1.807, 2.05) is 0 Å². The summed E-state index contributed by atoms with van der Waals surface area (Å²) in [5.41, 5.74) is 1.30. The molecule has 3 atom stereocenters. The molecular weight excluding hydrogens is 246 g/mol. The van der Waals surface area contributed by atoms with Crippen LogP contribution in [0.25, 0.3) is 0 Å². The lowest BCUT2D eigenvalue weighted by Crippen LogP contribution is -2.29. The van der Waals surface area contributed by atoms with E-state index in [0.29, 0.717) is 6.10 Å². The topological polar surface area (TPSA) is 21.3 Å². The average molecular weight is 275 g/mol. The fourth-order valence-electron chi connectivity index (χ4n) is 3.06. The smallest absolute Gasteiger partial charge is 0.0952 e. The number of rotatable bonds is 7. The van der Waals surface area contributed by atoms with E-state index in [1.54, 1.807) is 0 Å². The summed E-state index contributed by atoms with van der Waals surface area (Å²) >= 11 is 0. The molecule has 0 radical (unpaired) electrons. The van der Waals surface area contributed by atoms with Gasteiger partial charge in [0.15, 0.2) is 0 Å². The second-order valence-corrected chi connectivity index (χ2v) is 6.13. The number of nitrogens with one attached hydrogen (secondary N) is 1. The fourth-order valence-corrected chi connectivity index (χ4v) is 3.06. The van der Waals surface area contributed by atoms with Gasteiger partial charge in [0.25, 0.3) is 0 Å². The van der Waals surface area contributed by atoms with Gasteiger partial charge in [0.05, 0.1) is 12.2 Å². The molecule has 1 aliphatic carbocycles. The molecule has 0 amide bonds. The Kier molecular flexibility index (Phi) is 6.55. The van der Waals surface area contributed by atoms with Gasteiger partial charge in [-0.25, -0.2) is 0 Å². The van der Waals surface area contributed by atoms with Crippen LogP contribution >= 0.6 is 0 Å². The summed E-state index contributed by atoms with van der Waals surface area (Å²) in [7, 11) is 0. The minimum Gasteiger partial charge on any atom is -0.369 e. The van der Waals surface area contributed by atoms with Crippen molar-refractivity contribution in [3.63, 3.8) is 0 Å². The zero-order valence-electron chi connectivity index (χ0n) is 13.0. The van der Waals surface area contributed by atoms with Gasteiger partial charge in [0, 0.05) is 6.54 Å². The zero-order valence-corrected chi connectivity index (χ0v) is 13.0. The number of hydrogen-bond acceptors (Lipinski definition) is 2. The Labute approximate surface area is 123 Å². The largest absolute Gasteiger partial charge is 0.369 e. The van der Waals surface area contributed by atoms with Crippen LogP contribution < -0.4 is 5.32 Å². The Morgan fingerprint density at radius 3 is 2.75 bits per heavy atom. The molecule has 112 valence electrons. The van der Waals surface area contributed by atoms with Gasteiger partial charge in [-0.2, -0.15) is 0 Å². The van der Waals surface area contributed by atoms with Crippen LogP contribution in [-0.2, 0) is 4.74 Å². The van der Waals surface area contributed by atoms with E-state index in [0.717, 1.165) is 19.0 Å². The van der Waals surface area contributed by atoms with Gasteiger partial charge < -0.3 is 10.1 Å². The molecule has 1 aromatic carbocycles. The average Bonchev–Trinajstić information content (AvgIpc) is 2.47. The Balaban J connectivity index is 1.95. The third-order valence-corrected chi connectivity index (χ3v) is 4.17. The monoisotopic (exact) mass is 275 g/mol. The van der Waals surface area contributed by atoms with Crippen molar-refractivity contribution in [1.82, 2.24) is 5.32 Å². The van der Waals surface area contributed by atoms with Crippen LogP contribution in [0.2, 0.25) is 0 Å². The molecule has 2 heteroatoms. The molecule has 2 rings (SSSR count). The fraction of sp³-hybridized carbons (Fsp3) is 0.667. The van der Waals surface area contributed by atoms with Crippen molar-refractivity contribution in [2.45, 2.75) is 58.2 Å². The van der Waals surface area contributed by atoms with Crippen molar-refractivity contribution in [2.75, 3.05) is 13.1 Å². The van der Waals surface area contributed by atoms with Crippen molar-refractivity contribution in [2.24, 2.45) is 5.92 Å². The molecule has 20 heavy (non-hydrogen) atoms. The van der Waals surface area contributed by atoms with E-state index in [4.69, 9.17) is 4.74 Å². The van der Waals surface area contributed by atoms with Gasteiger partial charge in [-0.15, -0.1) is 0 Å². The van der Waals surface area contributed by atoms with E-state index in [1.165, 1.54) is 37.7 Å². The van der Waals surface area contributed by atoms with Crippen molar-refractivity contribution < 1.29 is 4.74 Å². The maximum Gasteiger partial charge on any atom is 0.0952 e. The molecule has 1 aliphatic rings. The van der Waals surface area contributed by atoms with Crippen LogP contribution in [0.15, 0.2) is 30.3 Å². The molecule has 0 aromatic heterocycles. The normalized spacial score (nSPS) is 24.5. The Morgan fingerprint density at radius 2 is 2.05 bits per heavy atom. The minimum absolute atomic E-state index is 0.193. The van der Waals surface area contributed by atoms with Gasteiger partial charge in [0.1, 0.15) is 0 Å². The molecule has 1 fully saturated rings. The zero-order chi connectivity index (χ0) is 14.2. The van der Waals surface area contributed by atoms with Crippen LogP contribution in [-0.4, -0.2) is 19.2 Å². The highest BCUT2D eigenvalue weighted by Gasteiger charge is 2.23. The Hall–Kier alpha value is -0.860. The highest BCUT2D eigenvalue weighted by atomic mass is 16.5. The molecular formula is C18H29NO. The van der Waals surface area contributed by atoms with Crippen molar-refractivity contribution in [3.8, 4) is 0 Å². The summed E-state index contributed by atoms with van der Waals surface area (Å²) in [6.45, 7) is 6.53. The number of ether oxygens (including phenoxy) is 1. The third kappa shape index (κ3) is 4.92. The Bertz CT molecular complexity index is 365. The summed E-state index contributed by atoms with van der Waals surface area (Å²) in [6, 6.07) is 10.7. The lowest BCUT2D eigenvalue weighted by atomic mass is 9.88. The number of hydrogen-bond donors (Lipinski definition) is 1. The van der Waals surface area contributed by atoms with Crippen molar-refractivity contribution >= 4 is 0 Å². The van der Waals surface area contributed by atoms with Crippen molar-refractivity contribution in [3.05, 3.63) is 35.9 Å². The standard InChI is InChI=1S/C18H29NO/c1-3-12-19-14-18(16-9-5-4-6-10-16)20-17-11-7-8-15(2)13-17/h4-6,9-10,15,17-19H,3,7-8,11-14H2,1-2H3.